The lowest BCUT2D eigenvalue weighted by Gasteiger charge is -2.32. The second kappa shape index (κ2) is 6.58. The molecule has 1 aromatic carbocycles. The molecule has 5 heteroatoms. The maximum absolute atomic E-state index is 12.4. The molecule has 1 heterocycles. The van der Waals surface area contributed by atoms with Crippen LogP contribution >= 0.6 is 11.3 Å². The van der Waals surface area contributed by atoms with E-state index in [9.17, 15) is 9.90 Å². The Morgan fingerprint density at radius 2 is 2.09 bits per heavy atom. The van der Waals surface area contributed by atoms with Crippen LogP contribution in [0.5, 0.6) is 0 Å². The lowest BCUT2D eigenvalue weighted by Crippen LogP contribution is -2.52. The van der Waals surface area contributed by atoms with E-state index in [1.165, 1.54) is 11.3 Å². The molecule has 0 aliphatic rings. The molecule has 2 rings (SSSR count). The molecule has 1 amide bonds. The van der Waals surface area contributed by atoms with Gasteiger partial charge in [0.1, 0.15) is 10.7 Å². The number of thiazole rings is 1. The average molecular weight is 318 g/mol. The fourth-order valence-electron chi connectivity index (χ4n) is 2.00. The monoisotopic (exact) mass is 318 g/mol. The lowest BCUT2D eigenvalue weighted by molar-refractivity contribution is 0.0780. The Labute approximate surface area is 135 Å². The third-order valence-corrected chi connectivity index (χ3v) is 4.99. The van der Waals surface area contributed by atoms with Crippen molar-refractivity contribution in [2.75, 3.05) is 6.61 Å². The van der Waals surface area contributed by atoms with Crippen LogP contribution in [0.3, 0.4) is 0 Å². The zero-order valence-electron chi connectivity index (χ0n) is 13.4. The van der Waals surface area contributed by atoms with Crippen LogP contribution in [0.2, 0.25) is 0 Å². The number of aryl methyl sites for hydroxylation is 1. The zero-order valence-corrected chi connectivity index (χ0v) is 14.2. The summed E-state index contributed by atoms with van der Waals surface area (Å²) >= 11 is 1.45. The van der Waals surface area contributed by atoms with E-state index in [0.29, 0.717) is 5.69 Å². The Balaban J connectivity index is 2.22. The van der Waals surface area contributed by atoms with Crippen LogP contribution in [0.1, 0.15) is 36.8 Å². The molecular weight excluding hydrogens is 296 g/mol. The predicted octanol–water partition coefficient (Wildman–Crippen LogP) is 3.26. The minimum Gasteiger partial charge on any atom is -0.394 e. The molecule has 118 valence electrons. The second-order valence-corrected chi connectivity index (χ2v) is 6.90. The van der Waals surface area contributed by atoms with Crippen molar-refractivity contribution in [2.45, 2.75) is 33.2 Å². The number of aliphatic hydroxyl groups is 1. The first kappa shape index (κ1) is 16.6. The first-order chi connectivity index (χ1) is 10.4. The number of carbonyl (C=O) groups excluding carboxylic acids is 1. The van der Waals surface area contributed by atoms with Crippen LogP contribution in [0.15, 0.2) is 29.6 Å². The highest BCUT2D eigenvalue weighted by Crippen LogP contribution is 2.27. The summed E-state index contributed by atoms with van der Waals surface area (Å²) in [4.78, 5) is 16.8. The molecule has 0 saturated heterocycles. The van der Waals surface area contributed by atoms with E-state index in [1.54, 1.807) is 5.38 Å². The molecule has 0 aliphatic carbocycles. The number of carbonyl (C=O) groups is 1. The topological polar surface area (TPSA) is 62.2 Å². The minimum absolute atomic E-state index is 0.106. The summed E-state index contributed by atoms with van der Waals surface area (Å²) in [6.07, 6.45) is 0. The highest BCUT2D eigenvalue weighted by atomic mass is 32.1. The molecule has 0 aliphatic heterocycles. The van der Waals surface area contributed by atoms with E-state index in [2.05, 4.69) is 10.3 Å². The molecule has 0 bridgehead atoms. The molecule has 4 nitrogen and oxygen atoms in total. The van der Waals surface area contributed by atoms with Crippen molar-refractivity contribution in [3.8, 4) is 10.6 Å². The molecule has 2 N–H and O–H groups in total. The lowest BCUT2D eigenvalue weighted by atomic mass is 9.89. The van der Waals surface area contributed by atoms with Gasteiger partial charge in [0.05, 0.1) is 12.1 Å². The highest BCUT2D eigenvalue weighted by Gasteiger charge is 2.30. The van der Waals surface area contributed by atoms with Gasteiger partial charge < -0.3 is 10.4 Å². The second-order valence-electron chi connectivity index (χ2n) is 6.04. The molecule has 1 atom stereocenters. The molecule has 22 heavy (non-hydrogen) atoms. The van der Waals surface area contributed by atoms with Gasteiger partial charge >= 0.3 is 0 Å². The number of benzene rings is 1. The number of aromatic nitrogens is 1. The molecule has 0 saturated carbocycles. The standard InChI is InChI=1S/C17H22N2O2S/c1-11(2)17(4,10-20)19-15(21)14-9-22-16(18-14)13-8-6-5-7-12(13)3/h5-9,11,20H,10H2,1-4H3,(H,19,21). The van der Waals surface area contributed by atoms with Crippen LogP contribution in [0.4, 0.5) is 0 Å². The van der Waals surface area contributed by atoms with Crippen LogP contribution in [-0.2, 0) is 0 Å². The van der Waals surface area contributed by atoms with Crippen molar-refractivity contribution in [2.24, 2.45) is 5.92 Å². The fraction of sp³-hybridized carbons (Fsp3) is 0.412. The summed E-state index contributed by atoms with van der Waals surface area (Å²) < 4.78 is 0. The molecule has 2 aromatic rings. The number of aliphatic hydroxyl groups excluding tert-OH is 1. The zero-order chi connectivity index (χ0) is 16.3. The molecule has 0 fully saturated rings. The van der Waals surface area contributed by atoms with E-state index in [4.69, 9.17) is 0 Å². The van der Waals surface area contributed by atoms with Gasteiger partial charge in [0.25, 0.3) is 5.91 Å². The summed E-state index contributed by atoms with van der Waals surface area (Å²) in [5.41, 5.74) is 1.92. The number of nitrogens with zero attached hydrogens (tertiary/aromatic N) is 1. The Morgan fingerprint density at radius 3 is 2.68 bits per heavy atom. The first-order valence-electron chi connectivity index (χ1n) is 7.32. The summed E-state index contributed by atoms with van der Waals surface area (Å²) in [5.74, 6) is -0.128. The van der Waals surface area contributed by atoms with E-state index >= 15 is 0 Å². The van der Waals surface area contributed by atoms with E-state index < -0.39 is 5.54 Å². The Morgan fingerprint density at radius 1 is 1.41 bits per heavy atom. The number of hydrogen-bond donors (Lipinski definition) is 2. The number of hydrogen-bond acceptors (Lipinski definition) is 4. The Hall–Kier alpha value is -1.72. The summed E-state index contributed by atoms with van der Waals surface area (Å²) in [6, 6.07) is 7.97. The normalized spacial score (nSPS) is 13.9. The van der Waals surface area contributed by atoms with Gasteiger partial charge in [0, 0.05) is 10.9 Å². The predicted molar refractivity (Wildman–Crippen MR) is 90.1 cm³/mol. The average Bonchev–Trinajstić information content (AvgIpc) is 2.97. The van der Waals surface area contributed by atoms with Gasteiger partial charge in [-0.2, -0.15) is 0 Å². The summed E-state index contributed by atoms with van der Waals surface area (Å²) in [6.45, 7) is 7.69. The van der Waals surface area contributed by atoms with Gasteiger partial charge in [0.2, 0.25) is 0 Å². The van der Waals surface area contributed by atoms with Gasteiger partial charge in [-0.15, -0.1) is 11.3 Å². The van der Waals surface area contributed by atoms with Crippen LogP contribution < -0.4 is 5.32 Å². The fourth-order valence-corrected chi connectivity index (χ4v) is 2.89. The van der Waals surface area contributed by atoms with Crippen LogP contribution in [0, 0.1) is 12.8 Å². The van der Waals surface area contributed by atoms with Gasteiger partial charge in [0.15, 0.2) is 0 Å². The third kappa shape index (κ3) is 3.36. The van der Waals surface area contributed by atoms with Gasteiger partial charge in [-0.05, 0) is 25.3 Å². The molecule has 0 radical (unpaired) electrons. The number of amides is 1. The quantitative estimate of drug-likeness (QED) is 0.889. The molecular formula is C17H22N2O2S. The number of nitrogens with one attached hydrogen (secondary N) is 1. The highest BCUT2D eigenvalue weighted by molar-refractivity contribution is 7.13. The maximum Gasteiger partial charge on any atom is 0.271 e. The van der Waals surface area contributed by atoms with Crippen molar-refractivity contribution < 1.29 is 9.90 Å². The van der Waals surface area contributed by atoms with Gasteiger partial charge in [-0.25, -0.2) is 4.98 Å². The van der Waals surface area contributed by atoms with Crippen molar-refractivity contribution in [3.05, 3.63) is 40.9 Å². The van der Waals surface area contributed by atoms with Crippen molar-refractivity contribution in [1.29, 1.82) is 0 Å². The van der Waals surface area contributed by atoms with Crippen LogP contribution in [-0.4, -0.2) is 28.1 Å². The smallest absolute Gasteiger partial charge is 0.271 e. The van der Waals surface area contributed by atoms with E-state index in [1.807, 2.05) is 52.0 Å². The largest absolute Gasteiger partial charge is 0.394 e. The van der Waals surface area contributed by atoms with Crippen LogP contribution in [0.25, 0.3) is 10.6 Å². The molecule has 1 aromatic heterocycles. The number of rotatable bonds is 5. The van der Waals surface area contributed by atoms with E-state index in [0.717, 1.165) is 16.1 Å². The summed E-state index contributed by atoms with van der Waals surface area (Å²) in [5, 5.41) is 15.0. The molecule has 1 unspecified atom stereocenters. The first-order valence-corrected chi connectivity index (χ1v) is 8.20. The maximum atomic E-state index is 12.4. The summed E-state index contributed by atoms with van der Waals surface area (Å²) in [7, 11) is 0. The van der Waals surface area contributed by atoms with Gasteiger partial charge in [-0.1, -0.05) is 38.1 Å². The van der Waals surface area contributed by atoms with Gasteiger partial charge in [-0.3, -0.25) is 4.79 Å². The van der Waals surface area contributed by atoms with Crippen molar-refractivity contribution in [3.63, 3.8) is 0 Å². The Bertz CT molecular complexity index is 666. The SMILES string of the molecule is Cc1ccccc1-c1nc(C(=O)NC(C)(CO)C(C)C)cs1. The minimum atomic E-state index is -0.649. The third-order valence-electron chi connectivity index (χ3n) is 4.11. The van der Waals surface area contributed by atoms with Crippen molar-refractivity contribution >= 4 is 17.2 Å². The Kier molecular flexibility index (Phi) is 4.98. The van der Waals surface area contributed by atoms with E-state index in [-0.39, 0.29) is 18.4 Å². The molecule has 0 spiro atoms. The van der Waals surface area contributed by atoms with Crippen molar-refractivity contribution in [1.82, 2.24) is 10.3 Å².